The minimum Gasteiger partial charge on any atom is -0.459 e. The molecule has 18 heavy (non-hydrogen) atoms. The van der Waals surface area contributed by atoms with E-state index in [9.17, 15) is 4.79 Å². The molecule has 0 radical (unpaired) electrons. The van der Waals surface area contributed by atoms with Gasteiger partial charge in [-0.15, -0.1) is 0 Å². The van der Waals surface area contributed by atoms with Crippen LogP contribution in [-0.4, -0.2) is 35.5 Å². The van der Waals surface area contributed by atoms with Crippen LogP contribution in [0, 0.1) is 0 Å². The summed E-state index contributed by atoms with van der Waals surface area (Å²) >= 11 is 0. The number of nitrogens with zero attached hydrogens (tertiary/aromatic N) is 1. The van der Waals surface area contributed by atoms with Crippen molar-refractivity contribution in [2.45, 2.75) is 50.7 Å². The van der Waals surface area contributed by atoms with Crippen molar-refractivity contribution >= 4 is 5.91 Å². The van der Waals surface area contributed by atoms with E-state index in [0.29, 0.717) is 23.9 Å². The van der Waals surface area contributed by atoms with Crippen LogP contribution >= 0.6 is 0 Å². The van der Waals surface area contributed by atoms with Gasteiger partial charge in [-0.3, -0.25) is 4.79 Å². The first-order valence-electron chi connectivity index (χ1n) is 6.88. The summed E-state index contributed by atoms with van der Waals surface area (Å²) < 4.78 is 5.23. The average molecular weight is 248 g/mol. The van der Waals surface area contributed by atoms with Gasteiger partial charge in [-0.05, 0) is 44.7 Å². The molecule has 3 rings (SSSR count). The lowest BCUT2D eigenvalue weighted by molar-refractivity contribution is 0.0599. The van der Waals surface area contributed by atoms with E-state index in [1.807, 2.05) is 11.8 Å². The van der Waals surface area contributed by atoms with E-state index in [0.717, 1.165) is 19.4 Å². The zero-order chi connectivity index (χ0) is 12.5. The molecule has 98 valence electrons. The van der Waals surface area contributed by atoms with Gasteiger partial charge in [-0.1, -0.05) is 0 Å². The number of furan rings is 1. The number of amides is 1. The number of hydrogen-bond donors (Lipinski definition) is 1. The molecule has 1 amide bonds. The van der Waals surface area contributed by atoms with Crippen LogP contribution in [0.2, 0.25) is 0 Å². The first kappa shape index (κ1) is 11.8. The molecule has 4 heteroatoms. The summed E-state index contributed by atoms with van der Waals surface area (Å²) in [7, 11) is 0. The summed E-state index contributed by atoms with van der Waals surface area (Å²) in [6, 6.07) is 5.10. The van der Waals surface area contributed by atoms with Crippen molar-refractivity contribution in [3.05, 3.63) is 24.2 Å². The van der Waals surface area contributed by atoms with Gasteiger partial charge in [0.1, 0.15) is 0 Å². The molecule has 2 atom stereocenters. The average Bonchev–Trinajstić information content (AvgIpc) is 3.00. The molecular formula is C14H20N2O2. The van der Waals surface area contributed by atoms with E-state index in [4.69, 9.17) is 4.42 Å². The summed E-state index contributed by atoms with van der Waals surface area (Å²) in [6.07, 6.45) is 6.24. The molecule has 3 heterocycles. The third-order valence-electron chi connectivity index (χ3n) is 4.22. The number of carbonyl (C=O) groups excluding carboxylic acids is 1. The lowest BCUT2D eigenvalue weighted by Gasteiger charge is -2.36. The molecule has 0 aliphatic carbocycles. The maximum atomic E-state index is 12.4. The second kappa shape index (κ2) is 4.76. The summed E-state index contributed by atoms with van der Waals surface area (Å²) in [4.78, 5) is 14.4. The Hall–Kier alpha value is -1.29. The fraction of sp³-hybridized carbons (Fsp3) is 0.643. The van der Waals surface area contributed by atoms with Crippen molar-refractivity contribution in [1.29, 1.82) is 0 Å². The van der Waals surface area contributed by atoms with Gasteiger partial charge in [-0.25, -0.2) is 0 Å². The normalized spacial score (nSPS) is 30.4. The van der Waals surface area contributed by atoms with Crippen molar-refractivity contribution in [2.24, 2.45) is 0 Å². The van der Waals surface area contributed by atoms with Crippen molar-refractivity contribution in [2.75, 3.05) is 6.54 Å². The van der Waals surface area contributed by atoms with Crippen LogP contribution in [0.5, 0.6) is 0 Å². The lowest BCUT2D eigenvalue weighted by atomic mass is 9.98. The minimum atomic E-state index is 0.0359. The van der Waals surface area contributed by atoms with Gasteiger partial charge < -0.3 is 14.6 Å². The van der Waals surface area contributed by atoms with Crippen molar-refractivity contribution in [3.63, 3.8) is 0 Å². The van der Waals surface area contributed by atoms with E-state index in [1.54, 1.807) is 18.4 Å². The molecule has 2 fully saturated rings. The standard InChI is InChI=1S/C14H20N2O2/c1-2-16(14(17)13-4-3-7-18-13)12-8-10-5-6-11(9-12)15-10/h3-4,7,10-12,15H,2,5-6,8-9H2,1H3. The van der Waals surface area contributed by atoms with Crippen LogP contribution in [0.15, 0.2) is 22.8 Å². The van der Waals surface area contributed by atoms with Gasteiger partial charge in [-0.2, -0.15) is 0 Å². The summed E-state index contributed by atoms with van der Waals surface area (Å²) in [5.74, 6) is 0.497. The number of hydrogen-bond acceptors (Lipinski definition) is 3. The number of fused-ring (bicyclic) bond motifs is 2. The third-order valence-corrected chi connectivity index (χ3v) is 4.22. The minimum absolute atomic E-state index is 0.0359. The lowest BCUT2D eigenvalue weighted by Crippen LogP contribution is -2.50. The molecule has 2 aliphatic heterocycles. The van der Waals surface area contributed by atoms with E-state index >= 15 is 0 Å². The predicted octanol–water partition coefficient (Wildman–Crippen LogP) is 2.02. The maximum absolute atomic E-state index is 12.4. The zero-order valence-electron chi connectivity index (χ0n) is 10.8. The van der Waals surface area contributed by atoms with Gasteiger partial charge in [0.25, 0.3) is 5.91 Å². The Bertz CT molecular complexity index is 403. The van der Waals surface area contributed by atoms with Crippen LogP contribution in [0.4, 0.5) is 0 Å². The molecule has 0 saturated carbocycles. The van der Waals surface area contributed by atoms with Crippen LogP contribution < -0.4 is 5.32 Å². The number of nitrogens with one attached hydrogen (secondary N) is 1. The van der Waals surface area contributed by atoms with Crippen LogP contribution in [-0.2, 0) is 0 Å². The molecule has 2 saturated heterocycles. The van der Waals surface area contributed by atoms with Crippen LogP contribution in [0.1, 0.15) is 43.2 Å². The number of rotatable bonds is 3. The van der Waals surface area contributed by atoms with E-state index < -0.39 is 0 Å². The maximum Gasteiger partial charge on any atom is 0.289 e. The highest BCUT2D eigenvalue weighted by molar-refractivity contribution is 5.91. The van der Waals surface area contributed by atoms with Gasteiger partial charge >= 0.3 is 0 Å². The smallest absolute Gasteiger partial charge is 0.289 e. The van der Waals surface area contributed by atoms with E-state index in [-0.39, 0.29) is 5.91 Å². The fourth-order valence-electron chi connectivity index (χ4n) is 3.39. The highest BCUT2D eigenvalue weighted by atomic mass is 16.3. The molecular weight excluding hydrogens is 228 g/mol. The summed E-state index contributed by atoms with van der Waals surface area (Å²) in [6.45, 7) is 2.80. The highest BCUT2D eigenvalue weighted by Gasteiger charge is 2.37. The summed E-state index contributed by atoms with van der Waals surface area (Å²) in [5.41, 5.74) is 0. The van der Waals surface area contributed by atoms with Crippen LogP contribution in [0.25, 0.3) is 0 Å². The predicted molar refractivity (Wildman–Crippen MR) is 68.4 cm³/mol. The Morgan fingerprint density at radius 2 is 2.17 bits per heavy atom. The molecule has 1 aromatic heterocycles. The van der Waals surface area contributed by atoms with Gasteiger partial charge in [0.2, 0.25) is 0 Å². The van der Waals surface area contributed by atoms with Crippen LogP contribution in [0.3, 0.4) is 0 Å². The van der Waals surface area contributed by atoms with Crippen molar-refractivity contribution in [3.8, 4) is 0 Å². The first-order chi connectivity index (χ1) is 8.78. The molecule has 2 bridgehead atoms. The Kier molecular flexibility index (Phi) is 3.12. The van der Waals surface area contributed by atoms with Gasteiger partial charge in [0.15, 0.2) is 5.76 Å². The SMILES string of the molecule is CCN(C(=O)c1ccco1)C1CC2CCC(C1)N2. The van der Waals surface area contributed by atoms with E-state index in [1.165, 1.54) is 12.8 Å². The molecule has 0 aromatic carbocycles. The second-order valence-corrected chi connectivity index (χ2v) is 5.33. The topological polar surface area (TPSA) is 45.5 Å². The Balaban J connectivity index is 1.74. The van der Waals surface area contributed by atoms with Crippen molar-refractivity contribution < 1.29 is 9.21 Å². The third kappa shape index (κ3) is 2.05. The number of piperidine rings is 1. The molecule has 1 N–H and O–H groups in total. The monoisotopic (exact) mass is 248 g/mol. The molecule has 2 aliphatic rings. The number of carbonyl (C=O) groups is 1. The first-order valence-corrected chi connectivity index (χ1v) is 6.88. The van der Waals surface area contributed by atoms with Gasteiger partial charge in [0, 0.05) is 24.7 Å². The van der Waals surface area contributed by atoms with Gasteiger partial charge in [0.05, 0.1) is 6.26 Å². The Labute approximate surface area is 107 Å². The molecule has 0 spiro atoms. The van der Waals surface area contributed by atoms with E-state index in [2.05, 4.69) is 5.32 Å². The zero-order valence-corrected chi connectivity index (χ0v) is 10.8. The molecule has 1 aromatic rings. The highest BCUT2D eigenvalue weighted by Crippen LogP contribution is 2.30. The molecule has 2 unspecified atom stereocenters. The largest absolute Gasteiger partial charge is 0.459 e. The van der Waals surface area contributed by atoms with Crippen molar-refractivity contribution in [1.82, 2.24) is 10.2 Å². The fourth-order valence-corrected chi connectivity index (χ4v) is 3.39. The molecule has 4 nitrogen and oxygen atoms in total. The summed E-state index contributed by atoms with van der Waals surface area (Å²) in [5, 5.41) is 3.61. The quantitative estimate of drug-likeness (QED) is 0.890. The second-order valence-electron chi connectivity index (χ2n) is 5.33. The Morgan fingerprint density at radius 1 is 1.44 bits per heavy atom. The Morgan fingerprint density at radius 3 is 2.72 bits per heavy atom.